The summed E-state index contributed by atoms with van der Waals surface area (Å²) in [6.07, 6.45) is 0. The van der Waals surface area contributed by atoms with E-state index in [4.69, 9.17) is 28.4 Å². The van der Waals surface area contributed by atoms with Crippen LogP contribution in [0.25, 0.3) is 0 Å². The molecule has 0 aromatic heterocycles. The molecule has 0 heterocycles. The molecule has 0 atom stereocenters. The lowest BCUT2D eigenvalue weighted by atomic mass is 10.0. The number of hydrogen-bond acceptors (Lipinski definition) is 4. The Morgan fingerprint density at radius 3 is 1.69 bits per heavy atom. The third-order valence-corrected chi connectivity index (χ3v) is 1.70. The van der Waals surface area contributed by atoms with Gasteiger partial charge in [-0.15, -0.1) is 0 Å². The standard InChI is InChI=1S/C9H3N3S/c10-3-6-1-8(13)2-7(4-11)9(6)5-12/h1-2,13H/p-1. The van der Waals surface area contributed by atoms with E-state index in [1.807, 2.05) is 12.1 Å². The highest BCUT2D eigenvalue weighted by atomic mass is 32.1. The lowest BCUT2D eigenvalue weighted by Gasteiger charge is -2.06. The second-order valence-electron chi connectivity index (χ2n) is 2.23. The molecule has 1 rings (SSSR count). The van der Waals surface area contributed by atoms with Crippen molar-refractivity contribution in [3.05, 3.63) is 28.8 Å². The first-order valence-electron chi connectivity index (χ1n) is 3.28. The maximum absolute atomic E-state index is 8.67. The largest absolute Gasteiger partial charge is 0.780 e. The van der Waals surface area contributed by atoms with Gasteiger partial charge in [-0.2, -0.15) is 20.7 Å². The van der Waals surface area contributed by atoms with E-state index in [0.29, 0.717) is 4.90 Å². The van der Waals surface area contributed by atoms with Crippen molar-refractivity contribution in [1.29, 1.82) is 15.8 Å². The molecule has 0 aliphatic rings. The summed E-state index contributed by atoms with van der Waals surface area (Å²) in [5.41, 5.74) is 0.414. The molecule has 0 unspecified atom stereocenters. The first-order chi connectivity index (χ1) is 6.22. The summed E-state index contributed by atoms with van der Waals surface area (Å²) in [7, 11) is 0. The normalized spacial score (nSPS) is 8.08. The van der Waals surface area contributed by atoms with Crippen molar-refractivity contribution in [2.75, 3.05) is 0 Å². The fourth-order valence-electron chi connectivity index (χ4n) is 0.912. The molecule has 0 spiro atoms. The van der Waals surface area contributed by atoms with Crippen molar-refractivity contribution in [1.82, 2.24) is 0 Å². The van der Waals surface area contributed by atoms with E-state index in [-0.39, 0.29) is 16.7 Å². The molecule has 0 aliphatic carbocycles. The molecule has 0 radical (unpaired) electrons. The molecule has 13 heavy (non-hydrogen) atoms. The molecular formula is C9H2N3S-. The van der Waals surface area contributed by atoms with Crippen molar-refractivity contribution in [2.24, 2.45) is 0 Å². The summed E-state index contributed by atoms with van der Waals surface area (Å²) in [4.78, 5) is 0.395. The maximum Gasteiger partial charge on any atom is 0.102 e. The molecule has 0 saturated heterocycles. The lowest BCUT2D eigenvalue weighted by Crippen LogP contribution is -1.90. The van der Waals surface area contributed by atoms with Crippen LogP contribution in [0.3, 0.4) is 0 Å². The van der Waals surface area contributed by atoms with Gasteiger partial charge in [0.1, 0.15) is 18.2 Å². The molecule has 60 valence electrons. The molecule has 1 aromatic carbocycles. The van der Waals surface area contributed by atoms with Crippen molar-refractivity contribution in [2.45, 2.75) is 4.90 Å². The van der Waals surface area contributed by atoms with E-state index in [0.717, 1.165) is 0 Å². The Hall–Kier alpha value is -2.09. The van der Waals surface area contributed by atoms with Gasteiger partial charge in [-0.25, -0.2) is 0 Å². The van der Waals surface area contributed by atoms with Gasteiger partial charge in [0.2, 0.25) is 0 Å². The van der Waals surface area contributed by atoms with Gasteiger partial charge in [-0.05, 0) is 0 Å². The molecule has 0 N–H and O–H groups in total. The van der Waals surface area contributed by atoms with E-state index < -0.39 is 0 Å². The first kappa shape index (κ1) is 9.00. The van der Waals surface area contributed by atoms with Crippen LogP contribution in [0.2, 0.25) is 0 Å². The second kappa shape index (κ2) is 3.54. The van der Waals surface area contributed by atoms with Crippen molar-refractivity contribution >= 4 is 12.6 Å². The molecule has 4 heteroatoms. The zero-order valence-corrected chi connectivity index (χ0v) is 7.22. The summed E-state index contributed by atoms with van der Waals surface area (Å²) in [6.45, 7) is 0. The van der Waals surface area contributed by atoms with Crippen LogP contribution in [0.1, 0.15) is 16.7 Å². The fraction of sp³-hybridized carbons (Fsp3) is 0. The van der Waals surface area contributed by atoms with Gasteiger partial charge < -0.3 is 12.6 Å². The van der Waals surface area contributed by atoms with Crippen LogP contribution < -0.4 is 0 Å². The van der Waals surface area contributed by atoms with Crippen LogP contribution >= 0.6 is 0 Å². The highest BCUT2D eigenvalue weighted by Gasteiger charge is 2.06. The molecule has 0 amide bonds. The molecule has 0 saturated carbocycles. The highest BCUT2D eigenvalue weighted by Crippen LogP contribution is 2.15. The van der Waals surface area contributed by atoms with Crippen LogP contribution in [0.15, 0.2) is 17.0 Å². The Balaban J connectivity index is 3.59. The van der Waals surface area contributed by atoms with E-state index in [9.17, 15) is 0 Å². The summed E-state index contributed by atoms with van der Waals surface area (Å²) < 4.78 is 0. The second-order valence-corrected chi connectivity index (χ2v) is 2.70. The van der Waals surface area contributed by atoms with Gasteiger partial charge >= 0.3 is 0 Å². The Labute approximate surface area is 80.9 Å². The highest BCUT2D eigenvalue weighted by molar-refractivity contribution is 7.58. The van der Waals surface area contributed by atoms with Gasteiger partial charge in [0.05, 0.1) is 16.7 Å². The molecule has 0 aliphatic heterocycles. The summed E-state index contributed by atoms with van der Waals surface area (Å²) in [5.74, 6) is 0. The number of rotatable bonds is 0. The van der Waals surface area contributed by atoms with Crippen LogP contribution in [0, 0.1) is 34.0 Å². The Kier molecular flexibility index (Phi) is 2.45. The Bertz CT molecular complexity index is 436. The van der Waals surface area contributed by atoms with Gasteiger partial charge in [0.25, 0.3) is 0 Å². The zero-order chi connectivity index (χ0) is 9.84. The van der Waals surface area contributed by atoms with Gasteiger partial charge in [-0.3, -0.25) is 0 Å². The number of nitriles is 3. The van der Waals surface area contributed by atoms with Gasteiger partial charge in [0, 0.05) is 0 Å². The van der Waals surface area contributed by atoms with Gasteiger partial charge in [0.15, 0.2) is 0 Å². The van der Waals surface area contributed by atoms with Crippen molar-refractivity contribution in [3.8, 4) is 18.2 Å². The SMILES string of the molecule is N#Cc1cc([S-])cc(C#N)c1C#N. The predicted molar refractivity (Wildman–Crippen MR) is 46.2 cm³/mol. The Morgan fingerprint density at radius 1 is 0.923 bits per heavy atom. The van der Waals surface area contributed by atoms with Crippen LogP contribution in [0.4, 0.5) is 0 Å². The Morgan fingerprint density at radius 2 is 1.38 bits per heavy atom. The zero-order valence-electron chi connectivity index (χ0n) is 6.40. The smallest absolute Gasteiger partial charge is 0.102 e. The quantitative estimate of drug-likeness (QED) is 0.568. The van der Waals surface area contributed by atoms with Crippen molar-refractivity contribution in [3.63, 3.8) is 0 Å². The van der Waals surface area contributed by atoms with E-state index in [1.54, 1.807) is 6.07 Å². The molecule has 3 nitrogen and oxygen atoms in total. The number of hydrogen-bond donors (Lipinski definition) is 0. The average Bonchev–Trinajstić information content (AvgIpc) is 2.16. The topological polar surface area (TPSA) is 71.4 Å². The lowest BCUT2D eigenvalue weighted by molar-refractivity contribution is 1.33. The monoisotopic (exact) mass is 184 g/mol. The van der Waals surface area contributed by atoms with Crippen LogP contribution in [0.5, 0.6) is 0 Å². The predicted octanol–water partition coefficient (Wildman–Crippen LogP) is 1.21. The molecule has 0 bridgehead atoms. The van der Waals surface area contributed by atoms with E-state index >= 15 is 0 Å². The number of nitrogens with zero attached hydrogens (tertiary/aromatic N) is 3. The van der Waals surface area contributed by atoms with E-state index in [1.165, 1.54) is 12.1 Å². The maximum atomic E-state index is 8.67. The van der Waals surface area contributed by atoms with Crippen molar-refractivity contribution < 1.29 is 0 Å². The summed E-state index contributed by atoms with van der Waals surface area (Å²) in [5, 5.41) is 25.9. The minimum atomic E-state index is 0.0959. The third kappa shape index (κ3) is 1.56. The minimum absolute atomic E-state index is 0.0959. The number of benzene rings is 1. The van der Waals surface area contributed by atoms with E-state index in [2.05, 4.69) is 0 Å². The van der Waals surface area contributed by atoms with Crippen LogP contribution in [-0.2, 0) is 12.6 Å². The third-order valence-electron chi connectivity index (χ3n) is 1.46. The van der Waals surface area contributed by atoms with Gasteiger partial charge in [-0.1, -0.05) is 12.1 Å². The van der Waals surface area contributed by atoms with Crippen LogP contribution in [-0.4, -0.2) is 0 Å². The molecule has 1 aromatic rings. The average molecular weight is 184 g/mol. The summed E-state index contributed by atoms with van der Waals surface area (Å²) in [6, 6.07) is 8.27. The minimum Gasteiger partial charge on any atom is -0.780 e. The summed E-state index contributed by atoms with van der Waals surface area (Å²) >= 11 is 4.82. The molecular weight excluding hydrogens is 182 g/mol. The first-order valence-corrected chi connectivity index (χ1v) is 3.69. The molecule has 0 fully saturated rings. The fourth-order valence-corrected chi connectivity index (χ4v) is 1.15.